The predicted molar refractivity (Wildman–Crippen MR) is 114 cm³/mol. The van der Waals surface area contributed by atoms with E-state index < -0.39 is 11.7 Å². The second-order valence-electron chi connectivity index (χ2n) is 7.16. The fraction of sp³-hybridized carbons (Fsp3) is 0.409. The van der Waals surface area contributed by atoms with Gasteiger partial charge in [-0.1, -0.05) is 24.3 Å². The minimum absolute atomic E-state index is 0. The molecular formula is C22H26ClF3N2O3. The summed E-state index contributed by atoms with van der Waals surface area (Å²) in [6.07, 6.45) is -2.30. The summed E-state index contributed by atoms with van der Waals surface area (Å²) in [6, 6.07) is 10.6. The van der Waals surface area contributed by atoms with Crippen LogP contribution in [0.15, 0.2) is 42.5 Å². The number of alkyl halides is 3. The fourth-order valence-corrected chi connectivity index (χ4v) is 3.35. The van der Waals surface area contributed by atoms with Crippen molar-refractivity contribution in [2.24, 2.45) is 0 Å². The van der Waals surface area contributed by atoms with Crippen LogP contribution < -0.4 is 14.8 Å². The molecule has 0 bridgehead atoms. The average molecular weight is 459 g/mol. The van der Waals surface area contributed by atoms with Crippen LogP contribution >= 0.6 is 12.4 Å². The first-order chi connectivity index (χ1) is 14.4. The highest BCUT2D eigenvalue weighted by atomic mass is 35.5. The second kappa shape index (κ2) is 11.2. The molecule has 0 radical (unpaired) electrons. The minimum atomic E-state index is -4.35. The molecule has 5 nitrogen and oxygen atoms in total. The van der Waals surface area contributed by atoms with Gasteiger partial charge in [-0.25, -0.2) is 0 Å². The summed E-state index contributed by atoms with van der Waals surface area (Å²) in [5.41, 5.74) is 0.780. The van der Waals surface area contributed by atoms with Crippen LogP contribution in [0.5, 0.6) is 11.5 Å². The third-order valence-corrected chi connectivity index (χ3v) is 4.95. The maximum absolute atomic E-state index is 12.8. The Morgan fingerprint density at radius 2 is 1.71 bits per heavy atom. The third kappa shape index (κ3) is 7.04. The topological polar surface area (TPSA) is 50.8 Å². The largest absolute Gasteiger partial charge is 0.493 e. The van der Waals surface area contributed by atoms with Crippen LogP contribution in [0.3, 0.4) is 0 Å². The van der Waals surface area contributed by atoms with E-state index in [1.54, 1.807) is 23.1 Å². The molecule has 1 aliphatic rings. The van der Waals surface area contributed by atoms with E-state index in [9.17, 15) is 18.0 Å². The van der Waals surface area contributed by atoms with Crippen molar-refractivity contribution >= 4 is 18.3 Å². The van der Waals surface area contributed by atoms with E-state index in [1.165, 1.54) is 13.2 Å². The maximum atomic E-state index is 12.8. The van der Waals surface area contributed by atoms with Gasteiger partial charge in [-0.15, -0.1) is 12.4 Å². The van der Waals surface area contributed by atoms with Crippen molar-refractivity contribution in [2.75, 3.05) is 26.8 Å². The van der Waals surface area contributed by atoms with E-state index in [4.69, 9.17) is 9.47 Å². The number of halogens is 4. The van der Waals surface area contributed by atoms with E-state index in [1.807, 2.05) is 6.07 Å². The van der Waals surface area contributed by atoms with E-state index >= 15 is 0 Å². The number of amides is 1. The Bertz CT molecular complexity index is 871. The smallest absolute Gasteiger partial charge is 0.416 e. The van der Waals surface area contributed by atoms with Crippen molar-refractivity contribution < 1.29 is 27.4 Å². The molecule has 0 saturated carbocycles. The Balaban J connectivity index is 0.00000341. The van der Waals surface area contributed by atoms with Gasteiger partial charge in [0.25, 0.3) is 5.91 Å². The van der Waals surface area contributed by atoms with Crippen LogP contribution in [0.2, 0.25) is 0 Å². The van der Waals surface area contributed by atoms with Crippen LogP contribution in [0, 0.1) is 0 Å². The first kappa shape index (κ1) is 24.8. The van der Waals surface area contributed by atoms with Crippen molar-refractivity contribution in [3.8, 4) is 11.5 Å². The fourth-order valence-electron chi connectivity index (χ4n) is 3.35. The highest BCUT2D eigenvalue weighted by molar-refractivity contribution is 5.85. The Hall–Kier alpha value is -2.45. The summed E-state index contributed by atoms with van der Waals surface area (Å²) < 4.78 is 49.4. The molecule has 1 aliphatic heterocycles. The number of rotatable bonds is 8. The van der Waals surface area contributed by atoms with E-state index in [-0.39, 0.29) is 24.9 Å². The summed E-state index contributed by atoms with van der Waals surface area (Å²) in [7, 11) is 1.52. The van der Waals surface area contributed by atoms with Crippen molar-refractivity contribution in [1.82, 2.24) is 10.2 Å². The van der Waals surface area contributed by atoms with Gasteiger partial charge >= 0.3 is 6.18 Å². The van der Waals surface area contributed by atoms with Gasteiger partial charge in [0.1, 0.15) is 0 Å². The first-order valence-corrected chi connectivity index (χ1v) is 9.81. The zero-order chi connectivity index (χ0) is 21.6. The summed E-state index contributed by atoms with van der Waals surface area (Å²) in [5.74, 6) is 0.940. The van der Waals surface area contributed by atoms with Gasteiger partial charge in [0.05, 0.1) is 12.7 Å². The van der Waals surface area contributed by atoms with E-state index in [0.29, 0.717) is 30.2 Å². The van der Waals surface area contributed by atoms with Crippen molar-refractivity contribution in [1.29, 1.82) is 0 Å². The number of hydrogen-bond acceptors (Lipinski definition) is 4. The van der Waals surface area contributed by atoms with E-state index in [0.717, 1.165) is 43.6 Å². The Kier molecular flexibility index (Phi) is 9.00. The average Bonchev–Trinajstić information content (AvgIpc) is 3.27. The molecule has 1 N–H and O–H groups in total. The van der Waals surface area contributed by atoms with Gasteiger partial charge in [-0.2, -0.15) is 13.2 Å². The third-order valence-electron chi connectivity index (χ3n) is 4.95. The molecule has 0 aromatic heterocycles. The molecule has 2 aromatic carbocycles. The Morgan fingerprint density at radius 3 is 2.35 bits per heavy atom. The number of ether oxygens (including phenoxy) is 2. The molecule has 3 rings (SSSR count). The molecule has 9 heteroatoms. The van der Waals surface area contributed by atoms with Gasteiger partial charge in [-0.05, 0) is 42.2 Å². The molecule has 1 heterocycles. The van der Waals surface area contributed by atoms with Crippen LogP contribution in [0.4, 0.5) is 13.2 Å². The number of likely N-dealkylation sites (tertiary alicyclic amines) is 1. The predicted octanol–water partition coefficient (Wildman–Crippen LogP) is 4.43. The SMILES string of the molecule is COc1cc(CNCc2cccc(C(F)(F)F)c2)ccc1OCC(=O)N1CCCC1.Cl. The zero-order valence-electron chi connectivity index (χ0n) is 17.2. The summed E-state index contributed by atoms with van der Waals surface area (Å²) in [5, 5.41) is 3.13. The number of benzene rings is 2. The lowest BCUT2D eigenvalue weighted by molar-refractivity contribution is -0.137. The maximum Gasteiger partial charge on any atom is 0.416 e. The highest BCUT2D eigenvalue weighted by Crippen LogP contribution is 2.30. The van der Waals surface area contributed by atoms with Crippen LogP contribution in [0.1, 0.15) is 29.5 Å². The molecular weight excluding hydrogens is 433 g/mol. The molecule has 0 unspecified atom stereocenters. The normalized spacial score (nSPS) is 13.6. The van der Waals surface area contributed by atoms with Crippen LogP contribution in [0.25, 0.3) is 0 Å². The number of carbonyl (C=O) groups is 1. The Morgan fingerprint density at radius 1 is 1.03 bits per heavy atom. The summed E-state index contributed by atoms with van der Waals surface area (Å²) in [4.78, 5) is 13.9. The number of methoxy groups -OCH3 is 1. The number of nitrogens with one attached hydrogen (secondary N) is 1. The molecule has 0 spiro atoms. The molecule has 0 atom stereocenters. The molecule has 1 amide bonds. The molecule has 31 heavy (non-hydrogen) atoms. The van der Waals surface area contributed by atoms with Crippen molar-refractivity contribution in [3.63, 3.8) is 0 Å². The molecule has 2 aromatic rings. The molecule has 0 aliphatic carbocycles. The van der Waals surface area contributed by atoms with Crippen LogP contribution in [-0.4, -0.2) is 37.6 Å². The first-order valence-electron chi connectivity index (χ1n) is 9.81. The second-order valence-corrected chi connectivity index (χ2v) is 7.16. The monoisotopic (exact) mass is 458 g/mol. The van der Waals surface area contributed by atoms with Crippen molar-refractivity contribution in [2.45, 2.75) is 32.1 Å². The van der Waals surface area contributed by atoms with Gasteiger partial charge < -0.3 is 19.7 Å². The van der Waals surface area contributed by atoms with Crippen molar-refractivity contribution in [3.05, 3.63) is 59.2 Å². The molecule has 170 valence electrons. The van der Waals surface area contributed by atoms with E-state index in [2.05, 4.69) is 5.32 Å². The minimum Gasteiger partial charge on any atom is -0.493 e. The number of carbonyl (C=O) groups excluding carboxylic acids is 1. The van der Waals surface area contributed by atoms with Gasteiger partial charge in [0, 0.05) is 26.2 Å². The molecule has 1 fully saturated rings. The highest BCUT2D eigenvalue weighted by Gasteiger charge is 2.30. The lowest BCUT2D eigenvalue weighted by atomic mass is 10.1. The number of hydrogen-bond donors (Lipinski definition) is 1. The Labute approximate surface area is 185 Å². The summed E-state index contributed by atoms with van der Waals surface area (Å²) >= 11 is 0. The molecule has 1 saturated heterocycles. The van der Waals surface area contributed by atoms with Gasteiger partial charge in [0.2, 0.25) is 0 Å². The standard InChI is InChI=1S/C22H25F3N2O3.ClH/c1-29-20-12-17(7-8-19(20)30-15-21(28)27-9-2-3-10-27)14-26-13-16-5-4-6-18(11-16)22(23,24)25;/h4-8,11-12,26H,2-3,9-10,13-15H2,1H3;1H. The van der Waals surface area contributed by atoms with Gasteiger partial charge in [0.15, 0.2) is 18.1 Å². The zero-order valence-corrected chi connectivity index (χ0v) is 18.0. The number of nitrogens with zero attached hydrogens (tertiary/aromatic N) is 1. The quantitative estimate of drug-likeness (QED) is 0.636. The lowest BCUT2D eigenvalue weighted by Gasteiger charge is -2.17. The summed E-state index contributed by atoms with van der Waals surface area (Å²) in [6.45, 7) is 2.25. The van der Waals surface area contributed by atoms with Crippen LogP contribution in [-0.2, 0) is 24.1 Å². The lowest BCUT2D eigenvalue weighted by Crippen LogP contribution is -2.32. The van der Waals surface area contributed by atoms with Gasteiger partial charge in [-0.3, -0.25) is 4.79 Å².